The molecule has 0 amide bonds. The second-order valence-electron chi connectivity index (χ2n) is 3.72. The molecule has 0 heterocycles. The average molecular weight is 243 g/mol. The summed E-state index contributed by atoms with van der Waals surface area (Å²) in [6, 6.07) is 15.3. The van der Waals surface area contributed by atoms with Crippen LogP contribution in [0.2, 0.25) is 0 Å². The molecule has 0 fully saturated rings. The summed E-state index contributed by atoms with van der Waals surface area (Å²) in [6.07, 6.45) is 0. The molecule has 0 bridgehead atoms. The van der Waals surface area contributed by atoms with Crippen molar-refractivity contribution in [2.45, 2.75) is 16.7 Å². The SMILES string of the molecule is CC(=O)c1ccccc1Sc1ccc(N)cc1. The summed E-state index contributed by atoms with van der Waals surface area (Å²) in [4.78, 5) is 13.5. The average Bonchev–Trinajstić information content (AvgIpc) is 2.32. The van der Waals surface area contributed by atoms with Crippen molar-refractivity contribution in [3.05, 3.63) is 54.1 Å². The minimum absolute atomic E-state index is 0.0866. The highest BCUT2D eigenvalue weighted by atomic mass is 32.2. The summed E-state index contributed by atoms with van der Waals surface area (Å²) in [5, 5.41) is 0. The maximum atomic E-state index is 11.5. The fraction of sp³-hybridized carbons (Fsp3) is 0.0714. The predicted molar refractivity (Wildman–Crippen MR) is 71.4 cm³/mol. The van der Waals surface area contributed by atoms with Crippen LogP contribution >= 0.6 is 11.8 Å². The van der Waals surface area contributed by atoms with Crippen molar-refractivity contribution in [1.82, 2.24) is 0 Å². The molecule has 0 saturated heterocycles. The number of nitrogen functional groups attached to an aromatic ring is 1. The second kappa shape index (κ2) is 5.06. The highest BCUT2D eigenvalue weighted by molar-refractivity contribution is 7.99. The zero-order valence-electron chi connectivity index (χ0n) is 9.51. The molecular formula is C14H13NOS. The summed E-state index contributed by atoms with van der Waals surface area (Å²) in [7, 11) is 0. The van der Waals surface area contributed by atoms with E-state index in [1.54, 1.807) is 18.7 Å². The van der Waals surface area contributed by atoms with Gasteiger partial charge in [-0.2, -0.15) is 0 Å². The first-order valence-corrected chi connectivity index (χ1v) is 6.12. The number of hydrogen-bond acceptors (Lipinski definition) is 3. The van der Waals surface area contributed by atoms with Crippen molar-refractivity contribution in [2.75, 3.05) is 5.73 Å². The van der Waals surface area contributed by atoms with Gasteiger partial charge in [0.1, 0.15) is 0 Å². The van der Waals surface area contributed by atoms with Crippen molar-refractivity contribution in [3.63, 3.8) is 0 Å². The van der Waals surface area contributed by atoms with Crippen LogP contribution in [0.1, 0.15) is 17.3 Å². The molecular weight excluding hydrogens is 230 g/mol. The smallest absolute Gasteiger partial charge is 0.160 e. The van der Waals surface area contributed by atoms with E-state index in [-0.39, 0.29) is 5.78 Å². The number of ketones is 1. The molecule has 0 atom stereocenters. The van der Waals surface area contributed by atoms with Gasteiger partial charge in [0, 0.05) is 21.0 Å². The molecule has 0 aliphatic rings. The monoisotopic (exact) mass is 243 g/mol. The van der Waals surface area contributed by atoms with Gasteiger partial charge in [-0.1, -0.05) is 30.0 Å². The maximum absolute atomic E-state index is 11.5. The fourth-order valence-corrected chi connectivity index (χ4v) is 2.50. The number of nitrogens with two attached hydrogens (primary N) is 1. The van der Waals surface area contributed by atoms with E-state index in [2.05, 4.69) is 0 Å². The van der Waals surface area contributed by atoms with Crippen molar-refractivity contribution in [1.29, 1.82) is 0 Å². The Labute approximate surface area is 105 Å². The Morgan fingerprint density at radius 2 is 1.71 bits per heavy atom. The highest BCUT2D eigenvalue weighted by Gasteiger charge is 2.07. The van der Waals surface area contributed by atoms with Crippen LogP contribution in [0.4, 0.5) is 5.69 Å². The van der Waals surface area contributed by atoms with E-state index in [0.29, 0.717) is 0 Å². The quantitative estimate of drug-likeness (QED) is 0.661. The van der Waals surface area contributed by atoms with Crippen molar-refractivity contribution < 1.29 is 4.79 Å². The van der Waals surface area contributed by atoms with E-state index >= 15 is 0 Å². The number of hydrogen-bond donors (Lipinski definition) is 1. The van der Waals surface area contributed by atoms with Crippen LogP contribution < -0.4 is 5.73 Å². The van der Waals surface area contributed by atoms with Crippen LogP contribution in [-0.4, -0.2) is 5.78 Å². The zero-order valence-corrected chi connectivity index (χ0v) is 10.3. The first-order chi connectivity index (χ1) is 8.16. The Bertz CT molecular complexity index is 534. The number of carbonyl (C=O) groups is 1. The van der Waals surface area contributed by atoms with Gasteiger partial charge in [0.2, 0.25) is 0 Å². The van der Waals surface area contributed by atoms with Crippen LogP contribution in [0.15, 0.2) is 58.3 Å². The minimum atomic E-state index is 0.0866. The molecule has 2 rings (SSSR count). The lowest BCUT2D eigenvalue weighted by atomic mass is 10.1. The van der Waals surface area contributed by atoms with Crippen LogP contribution in [-0.2, 0) is 0 Å². The first kappa shape index (κ1) is 11.7. The summed E-state index contributed by atoms with van der Waals surface area (Å²) in [6.45, 7) is 1.59. The minimum Gasteiger partial charge on any atom is -0.399 e. The largest absolute Gasteiger partial charge is 0.399 e. The molecule has 0 radical (unpaired) electrons. The van der Waals surface area contributed by atoms with Gasteiger partial charge in [-0.3, -0.25) is 4.79 Å². The molecule has 17 heavy (non-hydrogen) atoms. The highest BCUT2D eigenvalue weighted by Crippen LogP contribution is 2.30. The lowest BCUT2D eigenvalue weighted by molar-refractivity contribution is 0.101. The Kier molecular flexibility index (Phi) is 3.49. The molecule has 86 valence electrons. The molecule has 2 aromatic rings. The second-order valence-corrected chi connectivity index (χ2v) is 4.84. The van der Waals surface area contributed by atoms with Gasteiger partial charge in [0.15, 0.2) is 5.78 Å². The maximum Gasteiger partial charge on any atom is 0.160 e. The molecule has 2 N–H and O–H groups in total. The van der Waals surface area contributed by atoms with Gasteiger partial charge < -0.3 is 5.73 Å². The Morgan fingerprint density at radius 3 is 2.35 bits per heavy atom. The van der Waals surface area contributed by atoms with Crippen LogP contribution in [0.5, 0.6) is 0 Å². The first-order valence-electron chi connectivity index (χ1n) is 5.30. The third-order valence-corrected chi connectivity index (χ3v) is 3.46. The van der Waals surface area contributed by atoms with E-state index in [1.165, 1.54) is 0 Å². The predicted octanol–water partition coefficient (Wildman–Crippen LogP) is 3.62. The summed E-state index contributed by atoms with van der Waals surface area (Å²) in [5.41, 5.74) is 7.14. The molecule has 0 spiro atoms. The van der Waals surface area contributed by atoms with E-state index in [0.717, 1.165) is 21.0 Å². The summed E-state index contributed by atoms with van der Waals surface area (Å²) in [5.74, 6) is 0.0866. The van der Waals surface area contributed by atoms with Gasteiger partial charge in [-0.25, -0.2) is 0 Å². The Balaban J connectivity index is 2.30. The van der Waals surface area contributed by atoms with Crippen molar-refractivity contribution in [3.8, 4) is 0 Å². The van der Waals surface area contributed by atoms with E-state index in [1.807, 2.05) is 48.5 Å². The molecule has 2 aromatic carbocycles. The fourth-order valence-electron chi connectivity index (χ4n) is 1.51. The summed E-state index contributed by atoms with van der Waals surface area (Å²) < 4.78 is 0. The molecule has 0 aliphatic heterocycles. The van der Waals surface area contributed by atoms with Gasteiger partial charge in [-0.05, 0) is 37.3 Å². The number of benzene rings is 2. The normalized spacial score (nSPS) is 10.2. The van der Waals surface area contributed by atoms with E-state index < -0.39 is 0 Å². The number of Topliss-reactive ketones (excluding diaryl/α,β-unsaturated/α-hetero) is 1. The molecule has 3 heteroatoms. The van der Waals surface area contributed by atoms with Crippen molar-refractivity contribution in [2.24, 2.45) is 0 Å². The van der Waals surface area contributed by atoms with Crippen LogP contribution in [0, 0.1) is 0 Å². The lowest BCUT2D eigenvalue weighted by Crippen LogP contribution is -1.94. The Morgan fingerprint density at radius 1 is 1.06 bits per heavy atom. The standard InChI is InChI=1S/C14H13NOS/c1-10(16)13-4-2-3-5-14(13)17-12-8-6-11(15)7-9-12/h2-9H,15H2,1H3. The zero-order chi connectivity index (χ0) is 12.3. The molecule has 0 aliphatic carbocycles. The molecule has 0 aromatic heterocycles. The molecule has 0 unspecified atom stereocenters. The number of carbonyl (C=O) groups excluding carboxylic acids is 1. The third-order valence-electron chi connectivity index (χ3n) is 2.37. The van der Waals surface area contributed by atoms with Crippen molar-refractivity contribution >= 4 is 23.2 Å². The van der Waals surface area contributed by atoms with Crippen LogP contribution in [0.25, 0.3) is 0 Å². The topological polar surface area (TPSA) is 43.1 Å². The summed E-state index contributed by atoms with van der Waals surface area (Å²) >= 11 is 1.57. The van der Waals surface area contributed by atoms with E-state index in [9.17, 15) is 4.79 Å². The Hall–Kier alpha value is -1.74. The third kappa shape index (κ3) is 2.88. The van der Waals surface area contributed by atoms with Gasteiger partial charge >= 0.3 is 0 Å². The van der Waals surface area contributed by atoms with Gasteiger partial charge in [0.25, 0.3) is 0 Å². The van der Waals surface area contributed by atoms with Gasteiger partial charge in [-0.15, -0.1) is 0 Å². The number of rotatable bonds is 3. The molecule has 0 saturated carbocycles. The number of anilines is 1. The lowest BCUT2D eigenvalue weighted by Gasteiger charge is -2.06. The van der Waals surface area contributed by atoms with Crippen LogP contribution in [0.3, 0.4) is 0 Å². The van der Waals surface area contributed by atoms with E-state index in [4.69, 9.17) is 5.73 Å². The molecule has 2 nitrogen and oxygen atoms in total. The van der Waals surface area contributed by atoms with Gasteiger partial charge in [0.05, 0.1) is 0 Å².